The van der Waals surface area contributed by atoms with Crippen molar-refractivity contribution in [2.45, 2.75) is 32.9 Å². The van der Waals surface area contributed by atoms with Crippen molar-refractivity contribution in [1.29, 1.82) is 5.26 Å². The van der Waals surface area contributed by atoms with E-state index in [0.29, 0.717) is 23.3 Å². The number of hydrogen-bond acceptors (Lipinski definition) is 5. The number of hydrogen-bond donors (Lipinski definition) is 1. The number of methoxy groups -OCH3 is 1. The quantitative estimate of drug-likeness (QED) is 0.709. The Bertz CT molecular complexity index is 871. The van der Waals surface area contributed by atoms with Gasteiger partial charge in [0.25, 0.3) is 5.91 Å². The molecule has 0 spiro atoms. The van der Waals surface area contributed by atoms with Crippen molar-refractivity contribution < 1.29 is 19.1 Å². The highest BCUT2D eigenvalue weighted by atomic mass is 16.5. The lowest BCUT2D eigenvalue weighted by Gasteiger charge is -2.18. The molecule has 146 valence electrons. The van der Waals surface area contributed by atoms with E-state index in [4.69, 9.17) is 14.7 Å². The lowest BCUT2D eigenvalue weighted by molar-refractivity contribution is -0.143. The molecular formula is C22H24N2O4. The van der Waals surface area contributed by atoms with Crippen molar-refractivity contribution in [1.82, 2.24) is 5.32 Å². The molecule has 6 heteroatoms. The van der Waals surface area contributed by atoms with E-state index in [1.807, 2.05) is 26.0 Å². The number of ether oxygens (including phenoxy) is 2. The maximum Gasteiger partial charge on any atom is 0.328 e. The summed E-state index contributed by atoms with van der Waals surface area (Å²) < 4.78 is 10.5. The van der Waals surface area contributed by atoms with Crippen LogP contribution in [0.15, 0.2) is 48.5 Å². The second kappa shape index (κ2) is 10.1. The molecule has 0 aliphatic carbocycles. The summed E-state index contributed by atoms with van der Waals surface area (Å²) in [6.45, 7) is 4.15. The molecule has 1 atom stereocenters. The van der Waals surface area contributed by atoms with Crippen LogP contribution >= 0.6 is 0 Å². The minimum absolute atomic E-state index is 0.215. The topological polar surface area (TPSA) is 88.4 Å². The SMILES string of the molecule is COC(=O)C(CC(C)C)NC(=O)c1cccc(OCc2ccccc2C#N)c1. The number of nitriles is 1. The second-order valence-electron chi connectivity index (χ2n) is 6.76. The molecule has 0 bridgehead atoms. The molecule has 0 fully saturated rings. The summed E-state index contributed by atoms with van der Waals surface area (Å²) in [5.74, 6) is -0.125. The summed E-state index contributed by atoms with van der Waals surface area (Å²) in [6, 6.07) is 15.3. The van der Waals surface area contributed by atoms with Gasteiger partial charge in [0, 0.05) is 11.1 Å². The molecule has 6 nitrogen and oxygen atoms in total. The van der Waals surface area contributed by atoms with Crippen LogP contribution in [0.3, 0.4) is 0 Å². The fourth-order valence-corrected chi connectivity index (χ4v) is 2.71. The fraction of sp³-hybridized carbons (Fsp3) is 0.318. The number of carbonyl (C=O) groups is 2. The number of nitrogens with zero attached hydrogens (tertiary/aromatic N) is 1. The predicted octanol–water partition coefficient (Wildman–Crippen LogP) is 3.45. The molecular weight excluding hydrogens is 356 g/mol. The number of esters is 1. The first-order valence-corrected chi connectivity index (χ1v) is 9.04. The highest BCUT2D eigenvalue weighted by molar-refractivity contribution is 5.97. The average molecular weight is 380 g/mol. The molecule has 0 saturated carbocycles. The predicted molar refractivity (Wildman–Crippen MR) is 105 cm³/mol. The van der Waals surface area contributed by atoms with Gasteiger partial charge in [-0.05, 0) is 36.6 Å². The summed E-state index contributed by atoms with van der Waals surface area (Å²) in [6.07, 6.45) is 0.486. The summed E-state index contributed by atoms with van der Waals surface area (Å²) in [5.41, 5.74) is 1.69. The monoisotopic (exact) mass is 380 g/mol. The lowest BCUT2D eigenvalue weighted by atomic mass is 10.0. The van der Waals surface area contributed by atoms with Crippen LogP contribution in [-0.4, -0.2) is 25.0 Å². The van der Waals surface area contributed by atoms with Gasteiger partial charge in [-0.3, -0.25) is 4.79 Å². The van der Waals surface area contributed by atoms with E-state index in [1.54, 1.807) is 36.4 Å². The lowest BCUT2D eigenvalue weighted by Crippen LogP contribution is -2.42. The van der Waals surface area contributed by atoms with Crippen LogP contribution in [0.4, 0.5) is 0 Å². The Morgan fingerprint density at radius 3 is 2.57 bits per heavy atom. The van der Waals surface area contributed by atoms with E-state index >= 15 is 0 Å². The van der Waals surface area contributed by atoms with Crippen molar-refractivity contribution in [2.24, 2.45) is 5.92 Å². The summed E-state index contributed by atoms with van der Waals surface area (Å²) in [7, 11) is 1.30. The van der Waals surface area contributed by atoms with Crippen LogP contribution in [0.2, 0.25) is 0 Å². The van der Waals surface area contributed by atoms with Crippen LogP contribution < -0.4 is 10.1 Å². The minimum atomic E-state index is -0.704. The third-order valence-electron chi connectivity index (χ3n) is 4.13. The zero-order chi connectivity index (χ0) is 20.5. The average Bonchev–Trinajstić information content (AvgIpc) is 2.71. The molecule has 2 aromatic carbocycles. The van der Waals surface area contributed by atoms with Gasteiger partial charge in [0.15, 0.2) is 0 Å². The minimum Gasteiger partial charge on any atom is -0.489 e. The number of benzene rings is 2. The highest BCUT2D eigenvalue weighted by Crippen LogP contribution is 2.17. The smallest absolute Gasteiger partial charge is 0.328 e. The van der Waals surface area contributed by atoms with Crippen molar-refractivity contribution in [3.8, 4) is 11.8 Å². The van der Waals surface area contributed by atoms with Gasteiger partial charge < -0.3 is 14.8 Å². The number of amides is 1. The molecule has 2 aromatic rings. The molecule has 0 heterocycles. The maximum absolute atomic E-state index is 12.6. The Morgan fingerprint density at radius 1 is 1.14 bits per heavy atom. The van der Waals surface area contributed by atoms with Crippen LogP contribution in [0.5, 0.6) is 5.75 Å². The first-order valence-electron chi connectivity index (χ1n) is 9.04. The van der Waals surface area contributed by atoms with Gasteiger partial charge in [0.05, 0.1) is 18.7 Å². The van der Waals surface area contributed by atoms with Gasteiger partial charge >= 0.3 is 5.97 Å². The Morgan fingerprint density at radius 2 is 1.89 bits per heavy atom. The van der Waals surface area contributed by atoms with Crippen molar-refractivity contribution >= 4 is 11.9 Å². The standard InChI is InChI=1S/C22H24N2O4/c1-15(2)11-20(22(26)27-3)24-21(25)16-9-6-10-19(12-16)28-14-18-8-5-4-7-17(18)13-23/h4-10,12,15,20H,11,14H2,1-3H3,(H,24,25). The van der Waals surface area contributed by atoms with Crippen LogP contribution in [0.25, 0.3) is 0 Å². The highest BCUT2D eigenvalue weighted by Gasteiger charge is 2.23. The van der Waals surface area contributed by atoms with Gasteiger partial charge in [-0.2, -0.15) is 5.26 Å². The Labute approximate surface area is 165 Å². The molecule has 0 saturated heterocycles. The Hall–Kier alpha value is -3.33. The zero-order valence-corrected chi connectivity index (χ0v) is 16.3. The largest absolute Gasteiger partial charge is 0.489 e. The van der Waals surface area contributed by atoms with Gasteiger partial charge in [0.1, 0.15) is 18.4 Å². The molecule has 1 N–H and O–H groups in total. The Balaban J connectivity index is 2.08. The van der Waals surface area contributed by atoms with Crippen molar-refractivity contribution in [2.75, 3.05) is 7.11 Å². The van der Waals surface area contributed by atoms with E-state index in [1.165, 1.54) is 7.11 Å². The van der Waals surface area contributed by atoms with Gasteiger partial charge in [0.2, 0.25) is 0 Å². The number of nitrogens with one attached hydrogen (secondary N) is 1. The molecule has 28 heavy (non-hydrogen) atoms. The fourth-order valence-electron chi connectivity index (χ4n) is 2.71. The molecule has 0 aliphatic rings. The van der Waals surface area contributed by atoms with Gasteiger partial charge in [-0.1, -0.05) is 38.1 Å². The third kappa shape index (κ3) is 5.85. The summed E-state index contributed by atoms with van der Waals surface area (Å²) >= 11 is 0. The van der Waals surface area contributed by atoms with E-state index < -0.39 is 12.0 Å². The Kier molecular flexibility index (Phi) is 7.58. The summed E-state index contributed by atoms with van der Waals surface area (Å²) in [5, 5.41) is 11.9. The third-order valence-corrected chi connectivity index (χ3v) is 4.13. The van der Waals surface area contributed by atoms with Crippen molar-refractivity contribution in [3.05, 3.63) is 65.2 Å². The normalized spacial score (nSPS) is 11.4. The zero-order valence-electron chi connectivity index (χ0n) is 16.3. The van der Waals surface area contributed by atoms with Crippen molar-refractivity contribution in [3.63, 3.8) is 0 Å². The van der Waals surface area contributed by atoms with Crippen LogP contribution in [-0.2, 0) is 16.1 Å². The molecule has 2 rings (SSSR count). The van der Waals surface area contributed by atoms with E-state index in [2.05, 4.69) is 11.4 Å². The molecule has 0 aromatic heterocycles. The van der Waals surface area contributed by atoms with E-state index in [9.17, 15) is 9.59 Å². The first-order chi connectivity index (χ1) is 13.4. The van der Waals surface area contributed by atoms with E-state index in [-0.39, 0.29) is 18.4 Å². The maximum atomic E-state index is 12.6. The van der Waals surface area contributed by atoms with E-state index in [0.717, 1.165) is 5.56 Å². The van der Waals surface area contributed by atoms with Crippen LogP contribution in [0.1, 0.15) is 41.8 Å². The molecule has 1 unspecified atom stereocenters. The molecule has 0 radical (unpaired) electrons. The molecule has 0 aliphatic heterocycles. The van der Waals surface area contributed by atoms with Crippen LogP contribution in [0, 0.1) is 17.2 Å². The first kappa shape index (κ1) is 21.0. The second-order valence-corrected chi connectivity index (χ2v) is 6.76. The number of carbonyl (C=O) groups excluding carboxylic acids is 2. The van der Waals surface area contributed by atoms with Gasteiger partial charge in [-0.15, -0.1) is 0 Å². The number of rotatable bonds is 8. The molecule has 1 amide bonds. The van der Waals surface area contributed by atoms with Gasteiger partial charge in [-0.25, -0.2) is 4.79 Å². The summed E-state index contributed by atoms with van der Waals surface area (Å²) in [4.78, 5) is 24.5.